The summed E-state index contributed by atoms with van der Waals surface area (Å²) in [7, 11) is -1.42. The summed E-state index contributed by atoms with van der Waals surface area (Å²) < 4.78 is 24.8. The lowest BCUT2D eigenvalue weighted by Crippen LogP contribution is -2.32. The van der Waals surface area contributed by atoms with Crippen LogP contribution in [0.5, 0.6) is 0 Å². The lowest BCUT2D eigenvalue weighted by Gasteiger charge is -2.27. The Bertz CT molecular complexity index is 604. The van der Waals surface area contributed by atoms with E-state index in [0.29, 0.717) is 12.6 Å². The van der Waals surface area contributed by atoms with Crippen LogP contribution in [0.2, 0.25) is 5.02 Å². The number of nitrogens with zero attached hydrogens (tertiary/aromatic N) is 1. The van der Waals surface area contributed by atoms with Crippen LogP contribution in [0, 0.1) is 0 Å². The average molecular weight is 345 g/mol. The fourth-order valence-electron chi connectivity index (χ4n) is 2.93. The molecule has 0 radical (unpaired) electrons. The number of rotatable bonds is 7. The van der Waals surface area contributed by atoms with E-state index in [4.69, 9.17) is 11.6 Å². The molecule has 0 bridgehead atoms. The molecule has 1 unspecified atom stereocenters. The third-order valence-corrected chi connectivity index (χ3v) is 6.40. The van der Waals surface area contributed by atoms with Gasteiger partial charge in [0.25, 0.3) is 0 Å². The number of halogens is 1. The summed E-state index contributed by atoms with van der Waals surface area (Å²) >= 11 is 6.06. The van der Waals surface area contributed by atoms with Crippen molar-refractivity contribution in [1.82, 2.24) is 9.62 Å². The van der Waals surface area contributed by atoms with Gasteiger partial charge in [-0.25, -0.2) is 12.7 Å². The largest absolute Gasteiger partial charge is 0.310 e. The highest BCUT2D eigenvalue weighted by Gasteiger charge is 2.20. The smallest absolute Gasteiger partial charge is 0.213 e. The molecular weight excluding hydrogens is 320 g/mol. The van der Waals surface area contributed by atoms with E-state index in [2.05, 4.69) is 17.4 Å². The first-order chi connectivity index (χ1) is 10.4. The van der Waals surface area contributed by atoms with Gasteiger partial charge in [-0.2, -0.15) is 0 Å². The zero-order valence-electron chi connectivity index (χ0n) is 13.3. The van der Waals surface area contributed by atoms with Crippen molar-refractivity contribution in [3.8, 4) is 0 Å². The minimum Gasteiger partial charge on any atom is -0.310 e. The molecule has 0 heterocycles. The van der Waals surface area contributed by atoms with E-state index >= 15 is 0 Å². The van der Waals surface area contributed by atoms with E-state index < -0.39 is 10.0 Å². The van der Waals surface area contributed by atoms with E-state index in [1.165, 1.54) is 15.4 Å². The second-order valence-corrected chi connectivity index (χ2v) is 8.62. The number of nitrogens with one attached hydrogen (secondary N) is 1. The zero-order chi connectivity index (χ0) is 16.2. The van der Waals surface area contributed by atoms with Gasteiger partial charge in [0.05, 0.1) is 5.75 Å². The Labute approximate surface area is 138 Å². The molecule has 0 saturated carbocycles. The maximum Gasteiger partial charge on any atom is 0.213 e. The predicted molar refractivity (Wildman–Crippen MR) is 91.8 cm³/mol. The van der Waals surface area contributed by atoms with Gasteiger partial charge in [0.2, 0.25) is 10.0 Å². The number of hydrogen-bond donors (Lipinski definition) is 1. The van der Waals surface area contributed by atoms with Gasteiger partial charge in [0, 0.05) is 24.7 Å². The maximum absolute atomic E-state index is 11.7. The zero-order valence-corrected chi connectivity index (χ0v) is 14.9. The van der Waals surface area contributed by atoms with Crippen LogP contribution in [0.4, 0.5) is 0 Å². The molecule has 0 saturated heterocycles. The summed E-state index contributed by atoms with van der Waals surface area (Å²) in [6.07, 6.45) is 4.19. The van der Waals surface area contributed by atoms with Crippen LogP contribution in [-0.4, -0.2) is 38.6 Å². The summed E-state index contributed by atoms with van der Waals surface area (Å²) in [5, 5.41) is 4.35. The number of sulfonamides is 1. The van der Waals surface area contributed by atoms with Gasteiger partial charge in [-0.05, 0) is 62.4 Å². The molecule has 0 aromatic heterocycles. The first-order valence-electron chi connectivity index (χ1n) is 7.89. The van der Waals surface area contributed by atoms with Crippen LogP contribution in [0.15, 0.2) is 18.2 Å². The first kappa shape index (κ1) is 17.7. The van der Waals surface area contributed by atoms with Crippen molar-refractivity contribution in [1.29, 1.82) is 0 Å². The molecule has 124 valence electrons. The molecule has 0 aliphatic heterocycles. The van der Waals surface area contributed by atoms with Gasteiger partial charge < -0.3 is 5.32 Å². The molecule has 1 atom stereocenters. The van der Waals surface area contributed by atoms with Gasteiger partial charge in [-0.3, -0.25) is 0 Å². The quantitative estimate of drug-likeness (QED) is 0.773. The normalized spacial score (nSPS) is 18.5. The highest BCUT2D eigenvalue weighted by Crippen LogP contribution is 2.31. The molecular formula is C16H25ClN2O2S. The molecule has 6 heteroatoms. The van der Waals surface area contributed by atoms with Crippen LogP contribution >= 0.6 is 11.6 Å². The molecule has 0 amide bonds. The Kier molecular flexibility index (Phi) is 6.26. The van der Waals surface area contributed by atoms with Crippen LogP contribution in [0.1, 0.15) is 43.4 Å². The van der Waals surface area contributed by atoms with Crippen molar-refractivity contribution in [2.45, 2.75) is 38.6 Å². The fraction of sp³-hybridized carbons (Fsp3) is 0.625. The predicted octanol–water partition coefficient (Wildman–Crippen LogP) is 2.98. The van der Waals surface area contributed by atoms with Gasteiger partial charge in [0.15, 0.2) is 0 Å². The molecule has 1 aromatic rings. The molecule has 1 aliphatic carbocycles. The molecule has 1 N–H and O–H groups in total. The Morgan fingerprint density at radius 3 is 2.91 bits per heavy atom. The van der Waals surface area contributed by atoms with Gasteiger partial charge in [-0.15, -0.1) is 0 Å². The Morgan fingerprint density at radius 2 is 2.18 bits per heavy atom. The molecule has 4 nitrogen and oxygen atoms in total. The second-order valence-electron chi connectivity index (χ2n) is 5.82. The summed E-state index contributed by atoms with van der Waals surface area (Å²) in [6.45, 7) is 3.05. The molecule has 22 heavy (non-hydrogen) atoms. The molecule has 2 rings (SSSR count). The third-order valence-electron chi connectivity index (χ3n) is 4.30. The van der Waals surface area contributed by atoms with Crippen LogP contribution in [0.25, 0.3) is 0 Å². The molecule has 0 fully saturated rings. The van der Waals surface area contributed by atoms with E-state index in [0.717, 1.165) is 37.3 Å². The summed E-state index contributed by atoms with van der Waals surface area (Å²) in [5.74, 6) is 0.160. The minimum absolute atomic E-state index is 0.160. The van der Waals surface area contributed by atoms with Crippen molar-refractivity contribution in [3.05, 3.63) is 34.3 Å². The third kappa shape index (κ3) is 4.44. The summed E-state index contributed by atoms with van der Waals surface area (Å²) in [5.41, 5.74) is 2.67. The Hall–Kier alpha value is -0.620. The van der Waals surface area contributed by atoms with Crippen LogP contribution in [-0.2, 0) is 16.4 Å². The first-order valence-corrected chi connectivity index (χ1v) is 9.88. The Morgan fingerprint density at radius 1 is 1.41 bits per heavy atom. The second kappa shape index (κ2) is 7.77. The van der Waals surface area contributed by atoms with Crippen molar-refractivity contribution < 1.29 is 8.42 Å². The average Bonchev–Trinajstić information content (AvgIpc) is 2.50. The van der Waals surface area contributed by atoms with Gasteiger partial charge in [-0.1, -0.05) is 17.7 Å². The van der Waals surface area contributed by atoms with E-state index in [9.17, 15) is 8.42 Å². The highest BCUT2D eigenvalue weighted by atomic mass is 35.5. The number of hydrogen-bond acceptors (Lipinski definition) is 3. The number of benzene rings is 1. The fourth-order valence-corrected chi connectivity index (χ4v) is 3.98. The summed E-state index contributed by atoms with van der Waals surface area (Å²) in [6, 6.07) is 6.48. The van der Waals surface area contributed by atoms with E-state index in [-0.39, 0.29) is 5.75 Å². The lowest BCUT2D eigenvalue weighted by atomic mass is 9.87. The minimum atomic E-state index is -3.07. The topological polar surface area (TPSA) is 49.4 Å². The van der Waals surface area contributed by atoms with Crippen molar-refractivity contribution in [2.75, 3.05) is 25.9 Å². The van der Waals surface area contributed by atoms with E-state index in [1.54, 1.807) is 14.0 Å². The van der Waals surface area contributed by atoms with Gasteiger partial charge in [0.1, 0.15) is 0 Å². The summed E-state index contributed by atoms with van der Waals surface area (Å²) in [4.78, 5) is 0. The lowest BCUT2D eigenvalue weighted by molar-refractivity contribution is 0.422. The van der Waals surface area contributed by atoms with Crippen molar-refractivity contribution >= 4 is 21.6 Å². The van der Waals surface area contributed by atoms with Crippen LogP contribution in [0.3, 0.4) is 0 Å². The van der Waals surface area contributed by atoms with Crippen molar-refractivity contribution in [3.63, 3.8) is 0 Å². The maximum atomic E-state index is 11.7. The number of fused-ring (bicyclic) bond motifs is 1. The molecule has 0 spiro atoms. The highest BCUT2D eigenvalue weighted by molar-refractivity contribution is 7.89. The monoisotopic (exact) mass is 344 g/mol. The Balaban J connectivity index is 1.84. The van der Waals surface area contributed by atoms with Gasteiger partial charge >= 0.3 is 0 Å². The van der Waals surface area contributed by atoms with Crippen LogP contribution < -0.4 is 5.32 Å². The molecule has 1 aromatic carbocycles. The van der Waals surface area contributed by atoms with Crippen molar-refractivity contribution in [2.24, 2.45) is 0 Å². The SMILES string of the molecule is CCS(=O)(=O)N(C)CCCNC1CCCc2cc(Cl)ccc21. The molecule has 1 aliphatic rings. The standard InChI is InChI=1S/C16H25ClN2O2S/c1-3-22(20,21)19(2)11-5-10-18-16-7-4-6-13-12-14(17)8-9-15(13)16/h8-9,12,16,18H,3-7,10-11H2,1-2H3. The van der Waals surface area contributed by atoms with E-state index in [1.807, 2.05) is 6.07 Å². The number of aryl methyl sites for hydroxylation is 1.